The van der Waals surface area contributed by atoms with E-state index in [1.54, 1.807) is 32.5 Å². The van der Waals surface area contributed by atoms with Crippen molar-refractivity contribution in [1.82, 2.24) is 19.4 Å². The molecule has 1 saturated heterocycles. The molecule has 9 heteroatoms. The van der Waals surface area contributed by atoms with Gasteiger partial charge >= 0.3 is 0 Å². The van der Waals surface area contributed by atoms with Crippen molar-refractivity contribution in [2.75, 3.05) is 20.3 Å². The monoisotopic (exact) mass is 440 g/mol. The summed E-state index contributed by atoms with van der Waals surface area (Å²) < 4.78 is 40.2. The molecule has 2 aromatic heterocycles. The highest BCUT2D eigenvalue weighted by molar-refractivity contribution is 5.96. The number of aryl methyl sites for hydroxylation is 1. The molecular weight excluding hydrogens is 418 g/mol. The van der Waals surface area contributed by atoms with E-state index in [4.69, 9.17) is 9.47 Å². The molecule has 0 N–H and O–H groups in total. The van der Waals surface area contributed by atoms with E-state index >= 15 is 0 Å². The Bertz CT molecular complexity index is 1190. The van der Waals surface area contributed by atoms with Crippen LogP contribution in [0.1, 0.15) is 29.8 Å². The molecule has 1 aliphatic heterocycles. The summed E-state index contributed by atoms with van der Waals surface area (Å²) in [4.78, 5) is 22.0. The van der Waals surface area contributed by atoms with Crippen LogP contribution in [0.4, 0.5) is 8.78 Å². The number of halogens is 2. The highest BCUT2D eigenvalue weighted by Gasteiger charge is 2.31. The molecule has 32 heavy (non-hydrogen) atoms. The van der Waals surface area contributed by atoms with Crippen LogP contribution in [-0.2, 0) is 9.53 Å². The Kier molecular flexibility index (Phi) is 5.89. The molecule has 0 bridgehead atoms. The topological polar surface area (TPSA) is 69.5 Å². The van der Waals surface area contributed by atoms with Crippen LogP contribution in [0.2, 0.25) is 0 Å². The number of carbonyl (C=O) groups excluding carboxylic acids is 1. The lowest BCUT2D eigenvalue weighted by Gasteiger charge is -2.33. The number of aromatic nitrogens is 3. The van der Waals surface area contributed by atoms with Gasteiger partial charge in [0, 0.05) is 11.8 Å². The van der Waals surface area contributed by atoms with Crippen molar-refractivity contribution in [3.05, 3.63) is 77.3 Å². The molecule has 166 valence electrons. The molecule has 0 aliphatic carbocycles. The van der Waals surface area contributed by atoms with E-state index in [1.165, 1.54) is 11.0 Å². The van der Waals surface area contributed by atoms with Crippen LogP contribution in [0.15, 0.2) is 48.6 Å². The summed E-state index contributed by atoms with van der Waals surface area (Å²) in [5, 5.41) is 0. The molecule has 7 nitrogen and oxygen atoms in total. The number of imidazole rings is 1. The Morgan fingerprint density at radius 1 is 1.25 bits per heavy atom. The van der Waals surface area contributed by atoms with Crippen molar-refractivity contribution in [2.45, 2.75) is 19.9 Å². The normalized spacial score (nSPS) is 16.2. The van der Waals surface area contributed by atoms with Gasteiger partial charge in [-0.05, 0) is 49.8 Å². The lowest BCUT2D eigenvalue weighted by Crippen LogP contribution is -2.42. The second-order valence-electron chi connectivity index (χ2n) is 7.40. The number of benzene rings is 1. The molecule has 3 aromatic rings. The summed E-state index contributed by atoms with van der Waals surface area (Å²) in [5.41, 5.74) is 2.53. The largest absolute Gasteiger partial charge is 0.495 e. The first-order valence-corrected chi connectivity index (χ1v) is 10.0. The van der Waals surface area contributed by atoms with Crippen molar-refractivity contribution in [3.8, 4) is 11.4 Å². The summed E-state index contributed by atoms with van der Waals surface area (Å²) in [5.74, 6) is -1.50. The van der Waals surface area contributed by atoms with Crippen molar-refractivity contribution < 1.29 is 23.0 Å². The van der Waals surface area contributed by atoms with Gasteiger partial charge in [0.05, 0.1) is 37.4 Å². The fraction of sp³-hybridized carbons (Fsp3) is 0.261. The molecule has 1 atom stereocenters. The van der Waals surface area contributed by atoms with E-state index in [1.807, 2.05) is 29.8 Å². The Hall–Kier alpha value is -3.75. The van der Waals surface area contributed by atoms with Gasteiger partial charge in [-0.1, -0.05) is 6.07 Å². The summed E-state index contributed by atoms with van der Waals surface area (Å²) in [6.07, 6.45) is 5.19. The SMILES string of the molecule is COc1cc(/C=C2\OCCN([C@@H](C)c3ccc(F)nc3F)C2=O)ccc1-n1cnc(C)c1. The molecule has 0 spiro atoms. The number of rotatable bonds is 5. The van der Waals surface area contributed by atoms with Crippen LogP contribution in [-0.4, -0.2) is 45.6 Å². The van der Waals surface area contributed by atoms with Gasteiger partial charge in [0.25, 0.3) is 5.91 Å². The fourth-order valence-electron chi connectivity index (χ4n) is 3.64. The van der Waals surface area contributed by atoms with E-state index in [2.05, 4.69) is 9.97 Å². The zero-order chi connectivity index (χ0) is 22.8. The summed E-state index contributed by atoms with van der Waals surface area (Å²) in [7, 11) is 1.57. The van der Waals surface area contributed by atoms with Crippen LogP contribution in [0.5, 0.6) is 5.75 Å². The molecular formula is C23H22F2N4O3. The Labute approximate surface area is 183 Å². The number of pyridine rings is 1. The van der Waals surface area contributed by atoms with Gasteiger partial charge in [-0.3, -0.25) is 4.79 Å². The first-order valence-electron chi connectivity index (χ1n) is 10.0. The van der Waals surface area contributed by atoms with Crippen molar-refractivity contribution in [1.29, 1.82) is 0 Å². The summed E-state index contributed by atoms with van der Waals surface area (Å²) in [6.45, 7) is 4.09. The zero-order valence-corrected chi connectivity index (χ0v) is 17.9. The molecule has 1 aliphatic rings. The predicted molar refractivity (Wildman–Crippen MR) is 113 cm³/mol. The van der Waals surface area contributed by atoms with E-state index in [-0.39, 0.29) is 30.4 Å². The maximum atomic E-state index is 14.1. The number of hydrogen-bond donors (Lipinski definition) is 0. The maximum absolute atomic E-state index is 14.1. The predicted octanol–water partition coefficient (Wildman–Crippen LogP) is 3.82. The van der Waals surface area contributed by atoms with E-state index in [9.17, 15) is 13.6 Å². The second-order valence-corrected chi connectivity index (χ2v) is 7.40. The molecule has 0 unspecified atom stereocenters. The Morgan fingerprint density at radius 3 is 2.75 bits per heavy atom. The van der Waals surface area contributed by atoms with E-state index in [0.717, 1.165) is 17.4 Å². The minimum absolute atomic E-state index is 0.131. The number of ether oxygens (including phenoxy) is 2. The van der Waals surface area contributed by atoms with Gasteiger partial charge < -0.3 is 18.9 Å². The number of amides is 1. The molecule has 4 rings (SSSR count). The third-order valence-electron chi connectivity index (χ3n) is 5.31. The third kappa shape index (κ3) is 4.18. The lowest BCUT2D eigenvalue weighted by atomic mass is 10.1. The fourth-order valence-corrected chi connectivity index (χ4v) is 3.64. The molecule has 1 fully saturated rings. The van der Waals surface area contributed by atoms with Crippen molar-refractivity contribution >= 4 is 12.0 Å². The van der Waals surface area contributed by atoms with Crippen LogP contribution in [0.3, 0.4) is 0 Å². The number of nitrogens with zero attached hydrogens (tertiary/aromatic N) is 4. The maximum Gasteiger partial charge on any atom is 0.289 e. The van der Waals surface area contributed by atoms with Crippen LogP contribution in [0.25, 0.3) is 11.8 Å². The number of methoxy groups -OCH3 is 1. The summed E-state index contributed by atoms with van der Waals surface area (Å²) in [6, 6.07) is 7.23. The van der Waals surface area contributed by atoms with Gasteiger partial charge in [0.2, 0.25) is 11.9 Å². The molecule has 0 radical (unpaired) electrons. The number of morpholine rings is 1. The minimum Gasteiger partial charge on any atom is -0.495 e. The average molecular weight is 440 g/mol. The quantitative estimate of drug-likeness (QED) is 0.446. The van der Waals surface area contributed by atoms with Gasteiger partial charge in [0.1, 0.15) is 12.4 Å². The third-order valence-corrected chi connectivity index (χ3v) is 5.31. The zero-order valence-electron chi connectivity index (χ0n) is 17.9. The smallest absolute Gasteiger partial charge is 0.289 e. The van der Waals surface area contributed by atoms with Gasteiger partial charge in [-0.2, -0.15) is 13.8 Å². The van der Waals surface area contributed by atoms with Crippen molar-refractivity contribution in [2.24, 2.45) is 0 Å². The van der Waals surface area contributed by atoms with Crippen molar-refractivity contribution in [3.63, 3.8) is 0 Å². The van der Waals surface area contributed by atoms with Crippen LogP contribution in [0, 0.1) is 18.8 Å². The average Bonchev–Trinajstić information content (AvgIpc) is 3.20. The minimum atomic E-state index is -0.933. The van der Waals surface area contributed by atoms with Crippen LogP contribution >= 0.6 is 0 Å². The van der Waals surface area contributed by atoms with E-state index < -0.39 is 17.9 Å². The lowest BCUT2D eigenvalue weighted by molar-refractivity contribution is -0.137. The molecule has 1 amide bonds. The highest BCUT2D eigenvalue weighted by atomic mass is 19.1. The van der Waals surface area contributed by atoms with E-state index in [0.29, 0.717) is 11.3 Å². The Balaban J connectivity index is 1.60. The van der Waals surface area contributed by atoms with Gasteiger partial charge in [-0.25, -0.2) is 4.98 Å². The first kappa shape index (κ1) is 21.5. The first-order chi connectivity index (χ1) is 15.4. The number of carbonyl (C=O) groups is 1. The molecule has 0 saturated carbocycles. The van der Waals surface area contributed by atoms with Crippen LogP contribution < -0.4 is 4.74 Å². The van der Waals surface area contributed by atoms with Gasteiger partial charge in [-0.15, -0.1) is 0 Å². The molecule has 3 heterocycles. The second kappa shape index (κ2) is 8.78. The molecule has 1 aromatic carbocycles. The highest BCUT2D eigenvalue weighted by Crippen LogP contribution is 2.29. The standard InChI is InChI=1S/C23H22F2N4O3/c1-14-12-28(13-26-14)18-6-4-16(10-19(18)31-3)11-20-23(30)29(8-9-32-20)15(2)17-5-7-21(24)27-22(17)25/h4-7,10-13,15H,8-9H2,1-3H3/b20-11-/t15-/m0/s1. The Morgan fingerprint density at radius 2 is 2.06 bits per heavy atom. The number of hydrogen-bond acceptors (Lipinski definition) is 5. The van der Waals surface area contributed by atoms with Gasteiger partial charge in [0.15, 0.2) is 5.76 Å². The summed E-state index contributed by atoms with van der Waals surface area (Å²) >= 11 is 0.